The number of nitrogens with zero attached hydrogens (tertiary/aromatic N) is 6. The summed E-state index contributed by atoms with van der Waals surface area (Å²) >= 11 is 9.28. The number of nitrogens with one attached hydrogen (secondary N) is 2. The van der Waals surface area contributed by atoms with Crippen molar-refractivity contribution in [2.45, 2.75) is 13.1 Å². The van der Waals surface area contributed by atoms with E-state index in [1.165, 1.54) is 60.7 Å². The van der Waals surface area contributed by atoms with Gasteiger partial charge in [-0.25, -0.2) is 19.6 Å². The Morgan fingerprint density at radius 1 is 0.480 bits per heavy atom. The van der Waals surface area contributed by atoms with Gasteiger partial charge in [0.15, 0.2) is 21.2 Å². The number of aromatic hydroxyl groups is 2. The molecule has 2 aromatic heterocycles. The average Bonchev–Trinajstić information content (AvgIpc) is 0.754. The molecular formula is C72H54N8O16S2. The van der Waals surface area contributed by atoms with Gasteiger partial charge in [0.05, 0.1) is 58.4 Å². The number of aliphatic carboxylic acids is 2. The van der Waals surface area contributed by atoms with E-state index in [-0.39, 0.29) is 127 Å². The van der Waals surface area contributed by atoms with Crippen molar-refractivity contribution in [3.05, 3.63) is 237 Å². The lowest BCUT2D eigenvalue weighted by Crippen LogP contribution is -2.30. The highest BCUT2D eigenvalue weighted by atomic mass is 32.1. The molecule has 0 spiro atoms. The summed E-state index contributed by atoms with van der Waals surface area (Å²) in [4.78, 5) is 97.1. The standard InChI is InChI=1S/C72H54N8O16S2/c81-45-11-17-51-59(31-45)95-60-32-46(82)12-18-52(60)67(51)49-15-7-39(27-55(49)69(89)90)75-71(97)77-41-9-21-57(79(37-65(85)86)35-43-5-1-3-23-73-43)63(29-41)93-25-26-94-64-30-42(10-22-58(64)80(38-66(87)88)36-44-6-2-4-24-74-44)78-72(98)76-40-8-16-50(56(28-40)70(91)92)68-53-19-13-47(83)33-61(53)96-62-34-48(84)14-20-54(62)68/h1-24,27-34,81,83H,25-26,35-38H2,(H,85,86)(H,87,88)(H,89,90)(H,91,92)(H2,75,77,97)(H2,76,78,98). The Morgan fingerprint density at radius 3 is 1.29 bits per heavy atom. The second-order valence-electron chi connectivity index (χ2n) is 22.0. The van der Waals surface area contributed by atoms with Crippen molar-refractivity contribution in [2.24, 2.45) is 9.98 Å². The number of carbonyl (C=O) groups is 4. The minimum absolute atomic E-state index is 0.00188. The van der Waals surface area contributed by atoms with Crippen molar-refractivity contribution in [3.8, 4) is 67.9 Å². The van der Waals surface area contributed by atoms with E-state index in [2.05, 4.69) is 55.8 Å². The number of ether oxygens (including phenoxy) is 2. The molecule has 0 fully saturated rings. The molecular weight excluding hydrogens is 1300 g/mol. The normalized spacial score (nSPS) is 11.6. The number of carboxylic acids is 4. The fourth-order valence-electron chi connectivity index (χ4n) is 11.2. The van der Waals surface area contributed by atoms with Gasteiger partial charge >= 0.3 is 23.9 Å². The number of carboxylic acid groups (broad SMARTS) is 4. The van der Waals surface area contributed by atoms with Gasteiger partial charge in [0.25, 0.3) is 0 Å². The summed E-state index contributed by atoms with van der Waals surface area (Å²) in [6.07, 6.45) is 3.16. The first-order valence-electron chi connectivity index (χ1n) is 29.8. The molecule has 0 bridgehead atoms. The third-order valence-electron chi connectivity index (χ3n) is 15.4. The molecule has 12 rings (SSSR count). The molecule has 490 valence electrons. The van der Waals surface area contributed by atoms with Gasteiger partial charge in [-0.2, -0.15) is 0 Å². The zero-order valence-corrected chi connectivity index (χ0v) is 52.9. The lowest BCUT2D eigenvalue weighted by molar-refractivity contribution is -0.136. The second-order valence-corrected chi connectivity index (χ2v) is 22.9. The molecule has 4 aliphatic rings. The number of phenols is 2. The monoisotopic (exact) mass is 1350 g/mol. The van der Waals surface area contributed by atoms with Crippen molar-refractivity contribution in [1.82, 2.24) is 9.97 Å². The van der Waals surface area contributed by atoms with Crippen LogP contribution < -0.4 is 40.8 Å². The first-order valence-corrected chi connectivity index (χ1v) is 30.7. The van der Waals surface area contributed by atoms with E-state index in [1.54, 1.807) is 144 Å². The second kappa shape index (κ2) is 28.5. The van der Waals surface area contributed by atoms with Crippen molar-refractivity contribution in [1.29, 1.82) is 0 Å². The summed E-state index contributed by atoms with van der Waals surface area (Å²) in [6.45, 7) is -1.29. The minimum Gasteiger partial charge on any atom is -0.508 e. The molecule has 6 aromatic carbocycles. The van der Waals surface area contributed by atoms with Crippen molar-refractivity contribution < 1.29 is 68.1 Å². The molecule has 0 atom stereocenters. The van der Waals surface area contributed by atoms with Gasteiger partial charge in [-0.15, -0.1) is 25.3 Å². The van der Waals surface area contributed by atoms with Crippen LogP contribution in [-0.2, 0) is 22.7 Å². The van der Waals surface area contributed by atoms with Gasteiger partial charge in [0.2, 0.25) is 0 Å². The van der Waals surface area contributed by atoms with E-state index in [4.69, 9.17) is 18.3 Å². The molecule has 8 aromatic rings. The largest absolute Gasteiger partial charge is 0.508 e. The van der Waals surface area contributed by atoms with E-state index < -0.39 is 37.0 Å². The smallest absolute Gasteiger partial charge is 0.336 e. The maximum Gasteiger partial charge on any atom is 0.336 e. The van der Waals surface area contributed by atoms with Gasteiger partial charge in [0.1, 0.15) is 72.0 Å². The van der Waals surface area contributed by atoms with Crippen LogP contribution in [0.2, 0.25) is 0 Å². The zero-order chi connectivity index (χ0) is 68.7. The van der Waals surface area contributed by atoms with Gasteiger partial charge in [-0.3, -0.25) is 29.1 Å². The number of aliphatic imine (C=N–C) groups is 2. The molecule has 0 saturated carbocycles. The number of aromatic carboxylic acids is 2. The maximum atomic E-state index is 13.1. The Kier molecular flexibility index (Phi) is 19.0. The molecule has 4 heterocycles. The minimum atomic E-state index is -1.29. The number of hydrogen-bond acceptors (Lipinski definition) is 18. The SMILES string of the molecule is O=C(O)CN(Cc1ccccn1)c1ccc(NC(S)=Nc2ccc(-c3c4ccc(=O)cc-4oc4cc(O)ccc34)c(C(=O)O)c2)cc1OCCOc1cc(NC(S)=Nc2ccc(-c3c4ccc(=O)cc-4oc4cc(O)ccc34)c(C(=O)O)c2)ccc1N(CC(=O)O)Cc1ccccn1. The highest BCUT2D eigenvalue weighted by Crippen LogP contribution is 2.45. The summed E-state index contributed by atoms with van der Waals surface area (Å²) in [5.74, 6) is -4.43. The van der Waals surface area contributed by atoms with Crippen LogP contribution in [-0.4, -0.2) is 101 Å². The van der Waals surface area contributed by atoms with E-state index in [0.29, 0.717) is 67.2 Å². The number of pyridine rings is 2. The molecule has 2 aliphatic heterocycles. The van der Waals surface area contributed by atoms with Crippen LogP contribution in [0.1, 0.15) is 32.1 Å². The molecule has 0 saturated heterocycles. The highest BCUT2D eigenvalue weighted by Gasteiger charge is 2.26. The van der Waals surface area contributed by atoms with Crippen LogP contribution in [0.15, 0.2) is 223 Å². The van der Waals surface area contributed by atoms with Crippen LogP contribution >= 0.6 is 25.3 Å². The van der Waals surface area contributed by atoms with Gasteiger partial charge in [-0.05, 0) is 132 Å². The molecule has 24 nitrogen and oxygen atoms in total. The first-order chi connectivity index (χ1) is 47.3. The topological polar surface area (TPSA) is 350 Å². The van der Waals surface area contributed by atoms with E-state index in [0.717, 1.165) is 0 Å². The van der Waals surface area contributed by atoms with Crippen LogP contribution in [0, 0.1) is 0 Å². The molecule has 8 N–H and O–H groups in total. The first kappa shape index (κ1) is 65.4. The zero-order valence-electron chi connectivity index (χ0n) is 51.1. The molecule has 0 unspecified atom stereocenters. The highest BCUT2D eigenvalue weighted by molar-refractivity contribution is 7.97. The molecule has 26 heteroatoms. The van der Waals surface area contributed by atoms with Crippen molar-refractivity contribution >= 4 is 116 Å². The molecule has 2 aliphatic carbocycles. The molecule has 0 radical (unpaired) electrons. The van der Waals surface area contributed by atoms with Crippen molar-refractivity contribution in [3.63, 3.8) is 0 Å². The van der Waals surface area contributed by atoms with Gasteiger partial charge in [0, 0.05) is 93.2 Å². The number of thiol groups is 2. The Hall–Kier alpha value is -12.7. The van der Waals surface area contributed by atoms with Gasteiger partial charge in [-0.1, -0.05) is 24.3 Å². The Labute approximate surface area is 565 Å². The Balaban J connectivity index is 0.841. The van der Waals surface area contributed by atoms with Gasteiger partial charge < -0.3 is 69.4 Å². The number of amidine groups is 2. The number of aromatic nitrogens is 2. The number of fused-ring (bicyclic) bond motifs is 4. The summed E-state index contributed by atoms with van der Waals surface area (Å²) in [5.41, 5.74) is 4.58. The summed E-state index contributed by atoms with van der Waals surface area (Å²) in [7, 11) is 0. The number of phenolic OH excluding ortho intramolecular Hbond substituents is 2. The predicted molar refractivity (Wildman–Crippen MR) is 375 cm³/mol. The Morgan fingerprint density at radius 2 is 0.898 bits per heavy atom. The maximum absolute atomic E-state index is 13.1. The third kappa shape index (κ3) is 15.0. The van der Waals surface area contributed by atoms with Crippen molar-refractivity contribution in [2.75, 3.05) is 46.7 Å². The van der Waals surface area contributed by atoms with Crippen LogP contribution in [0.3, 0.4) is 0 Å². The lowest BCUT2D eigenvalue weighted by Gasteiger charge is -2.26. The number of rotatable bonds is 23. The van der Waals surface area contributed by atoms with Crippen LogP contribution in [0.5, 0.6) is 23.0 Å². The van der Waals surface area contributed by atoms with Crippen LogP contribution in [0.25, 0.3) is 66.8 Å². The summed E-state index contributed by atoms with van der Waals surface area (Å²) < 4.78 is 24.9. The summed E-state index contributed by atoms with van der Waals surface area (Å²) in [6, 6.07) is 46.3. The number of anilines is 4. The number of hydrogen-bond donors (Lipinski definition) is 10. The fraction of sp³-hybridized carbons (Fsp3) is 0.0833. The van der Waals surface area contributed by atoms with E-state index in [9.17, 15) is 59.4 Å². The van der Waals surface area contributed by atoms with Crippen LogP contribution in [0.4, 0.5) is 34.1 Å². The fourth-order valence-corrected chi connectivity index (χ4v) is 11.7. The molecule has 98 heavy (non-hydrogen) atoms. The average molecular weight is 1350 g/mol. The number of benzene rings is 8. The van der Waals surface area contributed by atoms with E-state index >= 15 is 0 Å². The predicted octanol–water partition coefficient (Wildman–Crippen LogP) is 12.7. The quantitative estimate of drug-likeness (QED) is 0.00935. The van der Waals surface area contributed by atoms with E-state index in [1.807, 2.05) is 0 Å². The Bertz CT molecular complexity index is 4900. The molecule has 0 amide bonds. The lowest BCUT2D eigenvalue weighted by atomic mass is 9.90. The third-order valence-corrected chi connectivity index (χ3v) is 15.8. The summed E-state index contributed by atoms with van der Waals surface area (Å²) in [5, 5.41) is 69.5.